The average Bonchev–Trinajstić information content (AvgIpc) is 3.32. The molecule has 14 heteroatoms. The van der Waals surface area contributed by atoms with Crippen LogP contribution in [0.1, 0.15) is 85.8 Å². The number of carbonyl (C=O) groups is 7. The highest BCUT2D eigenvalue weighted by molar-refractivity contribution is 6.38. The van der Waals surface area contributed by atoms with Crippen LogP contribution in [0.3, 0.4) is 0 Å². The highest BCUT2D eigenvalue weighted by Crippen LogP contribution is 2.45. The zero-order chi connectivity index (χ0) is 38.2. The molecule has 1 saturated carbocycles. The number of rotatable bonds is 15. The molecule has 0 bridgehead atoms. The Labute approximate surface area is 301 Å². The Morgan fingerprint density at radius 1 is 0.941 bits per heavy atom. The minimum absolute atomic E-state index is 0.0746. The first-order valence-electron chi connectivity index (χ1n) is 17.8. The predicted octanol–water partition coefficient (Wildman–Crippen LogP) is 2.32. The van der Waals surface area contributed by atoms with Gasteiger partial charge >= 0.3 is 6.09 Å². The van der Waals surface area contributed by atoms with E-state index in [0.717, 1.165) is 12.8 Å². The second-order valence-corrected chi connectivity index (χ2v) is 15.3. The van der Waals surface area contributed by atoms with E-state index >= 15 is 0 Å². The molecule has 14 nitrogen and oxygen atoms in total. The standard InChI is InChI=1S/C37H56N6O8/c1-10-14-26(30(45)33(47)38-19-27(44)40-28(34(48)42(8)9)23-15-12-11-13-16-23)39-32(46)29-25-18-17-24(25)20-43(29)35(49)31(37(5,6)7)41-36(50)51-22(4)21(2)3/h11-13,15-16,21-22,24-26,28-29,31H,10,14,17-20H2,1-9H3,(H,38,47)(H,39,46)(H,40,44)(H,41,50)/t22-,24+,25+,26+,28+,29+,31-/m1/s1. The molecule has 4 N–H and O–H groups in total. The van der Waals surface area contributed by atoms with Crippen molar-refractivity contribution < 1.29 is 38.3 Å². The number of fused-ring (bicyclic) bond motifs is 1. The van der Waals surface area contributed by atoms with Crippen LogP contribution in [-0.4, -0.2) is 103 Å². The summed E-state index contributed by atoms with van der Waals surface area (Å²) < 4.78 is 5.48. The second-order valence-electron chi connectivity index (χ2n) is 15.3. The number of likely N-dealkylation sites (tertiary alicyclic amines) is 1. The van der Waals surface area contributed by atoms with Crippen LogP contribution in [0.2, 0.25) is 0 Å². The Balaban J connectivity index is 1.70. The van der Waals surface area contributed by atoms with Crippen molar-refractivity contribution in [2.75, 3.05) is 27.2 Å². The first kappa shape index (κ1) is 40.9. The summed E-state index contributed by atoms with van der Waals surface area (Å²) in [5, 5.41) is 10.4. The number of hydrogen-bond acceptors (Lipinski definition) is 8. The molecule has 1 aliphatic carbocycles. The summed E-state index contributed by atoms with van der Waals surface area (Å²) in [5.74, 6) is -3.98. The first-order chi connectivity index (χ1) is 23.9. The highest BCUT2D eigenvalue weighted by Gasteiger charge is 2.54. The minimum atomic E-state index is -1.20. The van der Waals surface area contributed by atoms with Gasteiger partial charge in [0.2, 0.25) is 29.4 Å². The fourth-order valence-corrected chi connectivity index (χ4v) is 6.29. The van der Waals surface area contributed by atoms with Crippen LogP contribution in [0.5, 0.6) is 0 Å². The molecular weight excluding hydrogens is 656 g/mol. The van der Waals surface area contributed by atoms with Gasteiger partial charge in [0.15, 0.2) is 0 Å². The number of hydrogen-bond donors (Lipinski definition) is 4. The molecule has 2 aliphatic rings. The lowest BCUT2D eigenvalue weighted by Crippen LogP contribution is -2.60. The number of alkyl carbamates (subject to hydrolysis) is 1. The fourth-order valence-electron chi connectivity index (χ4n) is 6.29. The van der Waals surface area contributed by atoms with Crippen molar-refractivity contribution in [3.05, 3.63) is 35.9 Å². The van der Waals surface area contributed by atoms with Crippen LogP contribution in [0.25, 0.3) is 0 Å². The van der Waals surface area contributed by atoms with Gasteiger partial charge in [-0.3, -0.25) is 28.8 Å². The Morgan fingerprint density at radius 3 is 2.12 bits per heavy atom. The number of carbonyl (C=O) groups excluding carboxylic acids is 7. The van der Waals surface area contributed by atoms with Gasteiger partial charge in [-0.25, -0.2) is 4.79 Å². The quantitative estimate of drug-likeness (QED) is 0.200. The molecule has 0 radical (unpaired) electrons. The van der Waals surface area contributed by atoms with E-state index in [1.54, 1.807) is 58.3 Å². The maximum absolute atomic E-state index is 14.1. The van der Waals surface area contributed by atoms with E-state index in [1.165, 1.54) is 9.80 Å². The number of nitrogens with zero attached hydrogens (tertiary/aromatic N) is 2. The SMILES string of the molecule is CCC[C@H](NC(=O)[C@@H]1[C@H]2CC[C@H]2CN1C(=O)[C@@H](NC(=O)O[C@H](C)C(C)C)C(C)(C)C)C(=O)C(=O)NCC(=O)N[C@H](C(=O)N(C)C)c1ccccc1. The highest BCUT2D eigenvalue weighted by atomic mass is 16.6. The maximum Gasteiger partial charge on any atom is 0.408 e. The zero-order valence-electron chi connectivity index (χ0n) is 31.4. The van der Waals surface area contributed by atoms with Gasteiger partial charge in [0.05, 0.1) is 12.6 Å². The summed E-state index contributed by atoms with van der Waals surface area (Å²) in [4.78, 5) is 95.6. The average molecular weight is 713 g/mol. The molecule has 1 aliphatic heterocycles. The zero-order valence-corrected chi connectivity index (χ0v) is 31.4. The molecule has 7 atom stereocenters. The lowest BCUT2D eigenvalue weighted by Gasteiger charge is -2.37. The van der Waals surface area contributed by atoms with E-state index in [0.29, 0.717) is 18.5 Å². The van der Waals surface area contributed by atoms with Crippen LogP contribution in [0.4, 0.5) is 4.79 Å². The first-order valence-corrected chi connectivity index (χ1v) is 17.8. The van der Waals surface area contributed by atoms with Crippen molar-refractivity contribution in [3.8, 4) is 0 Å². The topological polar surface area (TPSA) is 183 Å². The fraction of sp³-hybridized carbons (Fsp3) is 0.649. The molecule has 1 heterocycles. The van der Waals surface area contributed by atoms with Crippen LogP contribution in [0, 0.1) is 23.2 Å². The largest absolute Gasteiger partial charge is 0.446 e. The van der Waals surface area contributed by atoms with Crippen LogP contribution in [-0.2, 0) is 33.5 Å². The molecule has 6 amide bonds. The molecule has 2 fully saturated rings. The third-order valence-electron chi connectivity index (χ3n) is 9.78. The minimum Gasteiger partial charge on any atom is -0.446 e. The number of ether oxygens (including phenoxy) is 1. The number of nitrogens with one attached hydrogen (secondary N) is 4. The van der Waals surface area contributed by atoms with Gasteiger partial charge in [-0.1, -0.05) is 78.3 Å². The molecule has 3 rings (SSSR count). The second kappa shape index (κ2) is 17.6. The number of ketones is 1. The number of Topliss-reactive ketones (excluding diaryl/α,β-unsaturated/α-hetero) is 1. The number of amides is 6. The van der Waals surface area contributed by atoms with Gasteiger partial charge in [0.1, 0.15) is 24.2 Å². The van der Waals surface area contributed by atoms with Crippen molar-refractivity contribution in [2.24, 2.45) is 23.2 Å². The normalized spacial score (nSPS) is 20.4. The summed E-state index contributed by atoms with van der Waals surface area (Å²) in [6.07, 6.45) is 1.07. The third-order valence-corrected chi connectivity index (χ3v) is 9.78. The smallest absolute Gasteiger partial charge is 0.408 e. The van der Waals surface area contributed by atoms with Crippen molar-refractivity contribution >= 4 is 41.4 Å². The van der Waals surface area contributed by atoms with E-state index in [9.17, 15) is 33.6 Å². The monoisotopic (exact) mass is 712 g/mol. The summed E-state index contributed by atoms with van der Waals surface area (Å²) in [7, 11) is 3.12. The molecular formula is C37H56N6O8. The Hall–Kier alpha value is -4.49. The van der Waals surface area contributed by atoms with Crippen molar-refractivity contribution in [3.63, 3.8) is 0 Å². The van der Waals surface area contributed by atoms with Gasteiger partial charge in [-0.15, -0.1) is 0 Å². The lowest BCUT2D eigenvalue weighted by atomic mass is 9.73. The van der Waals surface area contributed by atoms with Crippen molar-refractivity contribution in [1.29, 1.82) is 0 Å². The third kappa shape index (κ3) is 10.5. The van der Waals surface area contributed by atoms with Crippen molar-refractivity contribution in [2.45, 2.75) is 104 Å². The Kier molecular flexibility index (Phi) is 14.2. The molecule has 1 aromatic rings. The van der Waals surface area contributed by atoms with Crippen LogP contribution in [0.15, 0.2) is 30.3 Å². The Morgan fingerprint density at radius 2 is 1.59 bits per heavy atom. The summed E-state index contributed by atoms with van der Waals surface area (Å²) >= 11 is 0. The molecule has 1 saturated heterocycles. The molecule has 1 aromatic carbocycles. The summed E-state index contributed by atoms with van der Waals surface area (Å²) in [6.45, 7) is 12.6. The number of benzene rings is 1. The van der Waals surface area contributed by atoms with E-state index in [2.05, 4.69) is 21.3 Å². The molecule has 0 unspecified atom stereocenters. The molecule has 282 valence electrons. The summed E-state index contributed by atoms with van der Waals surface area (Å²) in [5.41, 5.74) is -0.165. The van der Waals surface area contributed by atoms with Gasteiger partial charge < -0.3 is 35.8 Å². The van der Waals surface area contributed by atoms with E-state index in [-0.39, 0.29) is 36.2 Å². The predicted molar refractivity (Wildman–Crippen MR) is 190 cm³/mol. The van der Waals surface area contributed by atoms with E-state index in [4.69, 9.17) is 4.74 Å². The molecule has 51 heavy (non-hydrogen) atoms. The van der Waals surface area contributed by atoms with Gasteiger partial charge in [-0.05, 0) is 54.9 Å². The van der Waals surface area contributed by atoms with Crippen LogP contribution < -0.4 is 21.3 Å². The van der Waals surface area contributed by atoms with Gasteiger partial charge in [0.25, 0.3) is 5.91 Å². The summed E-state index contributed by atoms with van der Waals surface area (Å²) in [6, 6.07) is 4.56. The van der Waals surface area contributed by atoms with Gasteiger partial charge in [0, 0.05) is 20.6 Å². The Bertz CT molecular complexity index is 1440. The van der Waals surface area contributed by atoms with Gasteiger partial charge in [-0.2, -0.15) is 0 Å². The van der Waals surface area contributed by atoms with E-state index < -0.39 is 71.6 Å². The van der Waals surface area contributed by atoms with E-state index in [1.807, 2.05) is 34.6 Å². The molecule has 0 spiro atoms. The van der Waals surface area contributed by atoms with Crippen LogP contribution >= 0.6 is 0 Å². The lowest BCUT2D eigenvalue weighted by molar-refractivity contribution is -0.145. The number of likely N-dealkylation sites (N-methyl/N-ethyl adjacent to an activating group) is 1. The maximum atomic E-state index is 14.1. The molecule has 0 aromatic heterocycles. The van der Waals surface area contributed by atoms with Crippen molar-refractivity contribution in [1.82, 2.24) is 31.1 Å².